The van der Waals surface area contributed by atoms with Gasteiger partial charge in [0.25, 0.3) is 0 Å². The molecule has 1 atom stereocenters. The molecule has 0 fully saturated rings. The highest BCUT2D eigenvalue weighted by molar-refractivity contribution is 5.73. The third-order valence-corrected chi connectivity index (χ3v) is 3.99. The SMILES string of the molecule is CCCCCCC(C)(CCCCC)CCC(N)=O. The molecule has 0 aromatic rings. The van der Waals surface area contributed by atoms with E-state index >= 15 is 0 Å². The molecular weight excluding hydrogens is 222 g/mol. The predicted octanol–water partition coefficient (Wildman–Crippen LogP) is 4.81. The molecule has 0 rings (SSSR count). The van der Waals surface area contributed by atoms with Crippen LogP contribution in [0.1, 0.15) is 91.4 Å². The molecule has 0 aromatic heterocycles. The van der Waals surface area contributed by atoms with Crippen molar-refractivity contribution in [2.45, 2.75) is 91.4 Å². The van der Waals surface area contributed by atoms with Gasteiger partial charge in [-0.3, -0.25) is 4.79 Å². The van der Waals surface area contributed by atoms with E-state index in [0.29, 0.717) is 11.8 Å². The van der Waals surface area contributed by atoms with Crippen LogP contribution in [0.5, 0.6) is 0 Å². The van der Waals surface area contributed by atoms with E-state index in [-0.39, 0.29) is 5.91 Å². The smallest absolute Gasteiger partial charge is 0.217 e. The van der Waals surface area contributed by atoms with Gasteiger partial charge in [0.15, 0.2) is 0 Å². The molecule has 2 nitrogen and oxygen atoms in total. The lowest BCUT2D eigenvalue weighted by Gasteiger charge is -2.29. The Bertz CT molecular complexity index is 215. The number of primary amides is 1. The second kappa shape index (κ2) is 10.4. The lowest BCUT2D eigenvalue weighted by molar-refractivity contribution is -0.118. The van der Waals surface area contributed by atoms with Crippen molar-refractivity contribution in [3.8, 4) is 0 Å². The first-order valence-corrected chi connectivity index (χ1v) is 7.82. The molecule has 0 saturated carbocycles. The summed E-state index contributed by atoms with van der Waals surface area (Å²) in [5.41, 5.74) is 5.62. The molecule has 1 amide bonds. The van der Waals surface area contributed by atoms with Crippen molar-refractivity contribution < 1.29 is 4.79 Å². The fraction of sp³-hybridized carbons (Fsp3) is 0.938. The number of hydrogen-bond acceptors (Lipinski definition) is 1. The van der Waals surface area contributed by atoms with Gasteiger partial charge >= 0.3 is 0 Å². The maximum Gasteiger partial charge on any atom is 0.217 e. The molecule has 0 radical (unpaired) electrons. The summed E-state index contributed by atoms with van der Waals surface area (Å²) in [6, 6.07) is 0. The predicted molar refractivity (Wildman–Crippen MR) is 79.4 cm³/mol. The standard InChI is InChI=1S/C16H33NO/c1-4-6-8-10-13-16(3,12-9-7-5-2)14-11-15(17)18/h4-14H2,1-3H3,(H2,17,18). The Morgan fingerprint density at radius 1 is 0.889 bits per heavy atom. The first-order valence-electron chi connectivity index (χ1n) is 7.82. The zero-order valence-electron chi connectivity index (χ0n) is 12.8. The Morgan fingerprint density at radius 2 is 1.39 bits per heavy atom. The molecule has 0 aromatic carbocycles. The molecule has 0 aliphatic carbocycles. The van der Waals surface area contributed by atoms with E-state index < -0.39 is 0 Å². The molecule has 0 aliphatic heterocycles. The highest BCUT2D eigenvalue weighted by atomic mass is 16.1. The third-order valence-electron chi connectivity index (χ3n) is 3.99. The van der Waals surface area contributed by atoms with Crippen molar-refractivity contribution >= 4 is 5.91 Å². The van der Waals surface area contributed by atoms with Crippen molar-refractivity contribution in [3.05, 3.63) is 0 Å². The summed E-state index contributed by atoms with van der Waals surface area (Å²) in [4.78, 5) is 11.0. The van der Waals surface area contributed by atoms with Gasteiger partial charge in [0.1, 0.15) is 0 Å². The Labute approximate surface area is 114 Å². The Kier molecular flexibility index (Phi) is 10.1. The van der Waals surface area contributed by atoms with E-state index in [1.54, 1.807) is 0 Å². The highest BCUT2D eigenvalue weighted by Gasteiger charge is 2.23. The van der Waals surface area contributed by atoms with Crippen molar-refractivity contribution in [2.75, 3.05) is 0 Å². The second-order valence-electron chi connectivity index (χ2n) is 6.04. The van der Waals surface area contributed by atoms with Crippen LogP contribution in [0.3, 0.4) is 0 Å². The van der Waals surface area contributed by atoms with Crippen LogP contribution in [-0.4, -0.2) is 5.91 Å². The van der Waals surface area contributed by atoms with Crippen LogP contribution in [0.4, 0.5) is 0 Å². The molecule has 0 saturated heterocycles. The van der Waals surface area contributed by atoms with Crippen LogP contribution in [0.2, 0.25) is 0 Å². The fourth-order valence-corrected chi connectivity index (χ4v) is 2.58. The number of hydrogen-bond donors (Lipinski definition) is 1. The van der Waals surface area contributed by atoms with Crippen molar-refractivity contribution in [2.24, 2.45) is 11.1 Å². The van der Waals surface area contributed by atoms with Gasteiger partial charge < -0.3 is 5.73 Å². The average molecular weight is 255 g/mol. The Balaban J connectivity index is 4.07. The normalized spacial score (nSPS) is 14.4. The molecule has 108 valence electrons. The van der Waals surface area contributed by atoms with Gasteiger partial charge in [-0.2, -0.15) is 0 Å². The Morgan fingerprint density at radius 3 is 1.89 bits per heavy atom. The van der Waals surface area contributed by atoms with Crippen LogP contribution in [0.15, 0.2) is 0 Å². The topological polar surface area (TPSA) is 43.1 Å². The van der Waals surface area contributed by atoms with Crippen molar-refractivity contribution in [1.29, 1.82) is 0 Å². The first kappa shape index (κ1) is 17.5. The van der Waals surface area contributed by atoms with Gasteiger partial charge in [0.2, 0.25) is 5.91 Å². The van der Waals surface area contributed by atoms with Crippen molar-refractivity contribution in [3.63, 3.8) is 0 Å². The number of amides is 1. The Hall–Kier alpha value is -0.530. The number of carbonyl (C=O) groups excluding carboxylic acids is 1. The number of nitrogens with two attached hydrogens (primary N) is 1. The number of carbonyl (C=O) groups is 1. The van der Waals surface area contributed by atoms with Gasteiger partial charge in [-0.25, -0.2) is 0 Å². The van der Waals surface area contributed by atoms with E-state index in [4.69, 9.17) is 5.73 Å². The third kappa shape index (κ3) is 9.49. The minimum Gasteiger partial charge on any atom is -0.370 e. The number of rotatable bonds is 12. The van der Waals surface area contributed by atoms with E-state index in [2.05, 4.69) is 20.8 Å². The molecule has 2 heteroatoms. The summed E-state index contributed by atoms with van der Waals surface area (Å²) in [6.45, 7) is 6.83. The molecule has 0 spiro atoms. The summed E-state index contributed by atoms with van der Waals surface area (Å²) in [5.74, 6) is -0.148. The molecular formula is C16H33NO. The number of unbranched alkanes of at least 4 members (excludes halogenated alkanes) is 5. The zero-order chi connectivity index (χ0) is 13.9. The van der Waals surface area contributed by atoms with Gasteiger partial charge in [-0.05, 0) is 24.7 Å². The molecule has 0 aliphatic rings. The quantitative estimate of drug-likeness (QED) is 0.500. The fourth-order valence-electron chi connectivity index (χ4n) is 2.58. The summed E-state index contributed by atoms with van der Waals surface area (Å²) in [6.07, 6.45) is 13.1. The van der Waals surface area contributed by atoms with E-state index in [0.717, 1.165) is 6.42 Å². The molecule has 0 heterocycles. The maximum atomic E-state index is 11.0. The lowest BCUT2D eigenvalue weighted by Crippen LogP contribution is -2.21. The van der Waals surface area contributed by atoms with Gasteiger partial charge in [0.05, 0.1) is 0 Å². The van der Waals surface area contributed by atoms with Crippen molar-refractivity contribution in [1.82, 2.24) is 0 Å². The average Bonchev–Trinajstić information content (AvgIpc) is 2.33. The highest BCUT2D eigenvalue weighted by Crippen LogP contribution is 2.35. The second-order valence-corrected chi connectivity index (χ2v) is 6.04. The van der Waals surface area contributed by atoms with Crippen LogP contribution in [-0.2, 0) is 4.79 Å². The molecule has 18 heavy (non-hydrogen) atoms. The summed E-state index contributed by atoms with van der Waals surface area (Å²) in [5, 5.41) is 0. The monoisotopic (exact) mass is 255 g/mol. The maximum absolute atomic E-state index is 11.0. The van der Waals surface area contributed by atoms with E-state index in [1.807, 2.05) is 0 Å². The van der Waals surface area contributed by atoms with Gasteiger partial charge in [-0.1, -0.05) is 65.7 Å². The van der Waals surface area contributed by atoms with E-state index in [9.17, 15) is 4.79 Å². The van der Waals surface area contributed by atoms with E-state index in [1.165, 1.54) is 57.8 Å². The summed E-state index contributed by atoms with van der Waals surface area (Å²) in [7, 11) is 0. The molecule has 0 bridgehead atoms. The lowest BCUT2D eigenvalue weighted by atomic mass is 9.76. The van der Waals surface area contributed by atoms with Crippen LogP contribution in [0.25, 0.3) is 0 Å². The zero-order valence-corrected chi connectivity index (χ0v) is 12.8. The largest absolute Gasteiger partial charge is 0.370 e. The van der Waals surface area contributed by atoms with Crippen LogP contribution < -0.4 is 5.73 Å². The van der Waals surface area contributed by atoms with Gasteiger partial charge in [0, 0.05) is 6.42 Å². The van der Waals surface area contributed by atoms with Crippen LogP contribution in [0, 0.1) is 5.41 Å². The summed E-state index contributed by atoms with van der Waals surface area (Å²) >= 11 is 0. The van der Waals surface area contributed by atoms with Gasteiger partial charge in [-0.15, -0.1) is 0 Å². The molecule has 2 N–H and O–H groups in total. The summed E-state index contributed by atoms with van der Waals surface area (Å²) < 4.78 is 0. The minimum absolute atomic E-state index is 0.148. The minimum atomic E-state index is -0.148. The van der Waals surface area contributed by atoms with Crippen LogP contribution >= 0.6 is 0 Å². The first-order chi connectivity index (χ1) is 8.54. The molecule has 1 unspecified atom stereocenters.